The van der Waals surface area contributed by atoms with Crippen molar-refractivity contribution in [3.05, 3.63) is 0 Å². The summed E-state index contributed by atoms with van der Waals surface area (Å²) >= 11 is 1.78. The number of likely N-dealkylation sites (N-methyl/N-ethyl adjacent to an activating group) is 1. The fourth-order valence-electron chi connectivity index (χ4n) is 12.7. The number of fused-ring (bicyclic) bond motifs is 1. The van der Waals surface area contributed by atoms with E-state index in [1.165, 1.54) is 7.05 Å². The summed E-state index contributed by atoms with van der Waals surface area (Å²) in [4.78, 5) is 203. The summed E-state index contributed by atoms with van der Waals surface area (Å²) in [5.74, 6) is -4.33. The Morgan fingerprint density at radius 3 is 0.908 bits per heavy atom. The Balaban J connectivity index is 2.52. The molecule has 0 spiro atoms. The van der Waals surface area contributed by atoms with Crippen LogP contribution in [0.3, 0.4) is 0 Å². The highest BCUT2D eigenvalue weighted by Crippen LogP contribution is 2.33. The third-order valence-electron chi connectivity index (χ3n) is 19.1. The Bertz CT molecular complexity index is 3510. The van der Waals surface area contributed by atoms with E-state index in [1.807, 2.05) is 0 Å². The maximum absolute atomic E-state index is 15.0. The Kier molecular flexibility index (Phi) is 52.8. The average Bonchev–Trinajstić information content (AvgIpc) is 1.66. The third kappa shape index (κ3) is 46.8. The number of rotatable bonds is 62. The highest BCUT2D eigenvalue weighted by molar-refractivity contribution is 8.00. The zero-order valence-corrected chi connectivity index (χ0v) is 72.9. The van der Waals surface area contributed by atoms with E-state index in [-0.39, 0.29) is 233 Å². The second-order valence-corrected chi connectivity index (χ2v) is 31.5. The molecule has 2 saturated heterocycles. The lowest BCUT2D eigenvalue weighted by atomic mass is 10.0. The summed E-state index contributed by atoms with van der Waals surface area (Å²) in [5.41, 5.74) is 52.8. The Hall–Kier alpha value is -10.5. The van der Waals surface area contributed by atoms with Crippen molar-refractivity contribution in [1.82, 2.24) is 69.1 Å². The summed E-state index contributed by atoms with van der Waals surface area (Å²) in [7, 11) is 1.40. The summed E-state index contributed by atoms with van der Waals surface area (Å²) in [5, 5.41) is 36.7. The molecular weight excluding hydrogens is 1570 g/mol. The van der Waals surface area contributed by atoms with Gasteiger partial charge in [0.2, 0.25) is 65.0 Å². The van der Waals surface area contributed by atoms with Gasteiger partial charge in [0, 0.05) is 83.4 Å². The van der Waals surface area contributed by atoms with Crippen LogP contribution in [0, 0.1) is 0 Å². The van der Waals surface area contributed by atoms with Gasteiger partial charge in [0.1, 0.15) is 54.4 Å². The smallest absolute Gasteiger partial charge is 0.315 e. The molecule has 0 aromatic heterocycles. The van der Waals surface area contributed by atoms with Crippen LogP contribution >= 0.6 is 11.8 Å². The molecule has 42 nitrogen and oxygen atoms in total. The molecule has 0 aromatic rings. The highest BCUT2D eigenvalue weighted by atomic mass is 32.2. The van der Waals surface area contributed by atoms with Crippen LogP contribution in [0.4, 0.5) is 4.79 Å². The first-order valence-electron chi connectivity index (χ1n) is 41.7. The van der Waals surface area contributed by atoms with Crippen molar-refractivity contribution in [2.45, 2.75) is 294 Å². The van der Waals surface area contributed by atoms with Gasteiger partial charge in [0.15, 0.2) is 0 Å². The number of amides is 13. The number of unbranched alkanes of at least 4 members (excludes halogenated alkanes) is 2. The Morgan fingerprint density at radius 2 is 0.625 bits per heavy atom. The van der Waals surface area contributed by atoms with Gasteiger partial charge in [-0.3, -0.25) is 92.7 Å². The first-order chi connectivity index (χ1) is 56.9. The van der Waals surface area contributed by atoms with E-state index in [1.54, 1.807) is 74.1 Å². The second-order valence-electron chi connectivity index (χ2n) is 30.2. The van der Waals surface area contributed by atoms with Gasteiger partial charge in [-0.2, -0.15) is 11.8 Å². The fourth-order valence-corrected chi connectivity index (χ4v) is 14.3. The van der Waals surface area contributed by atoms with Crippen LogP contribution < -0.4 is 121 Å². The van der Waals surface area contributed by atoms with E-state index >= 15 is 0 Å². The van der Waals surface area contributed by atoms with Crippen molar-refractivity contribution in [3.63, 3.8) is 0 Å². The van der Waals surface area contributed by atoms with Crippen molar-refractivity contribution in [2.24, 2.45) is 91.5 Å². The topological polar surface area (TPSA) is 694 Å². The van der Waals surface area contributed by atoms with Crippen LogP contribution in [0.5, 0.6) is 0 Å². The van der Waals surface area contributed by atoms with Gasteiger partial charge in [0.05, 0.1) is 64.8 Å². The molecule has 2 aliphatic heterocycles. The first kappa shape index (κ1) is 106. The quantitative estimate of drug-likeness (QED) is 0.0126. The molecule has 0 unspecified atom stereocenters. The highest BCUT2D eigenvalue weighted by Gasteiger charge is 2.43. The second kappa shape index (κ2) is 60.1. The Morgan fingerprint density at radius 1 is 0.358 bits per heavy atom. The largest absolute Gasteiger partial charge is 0.388 e. The van der Waals surface area contributed by atoms with Crippen LogP contribution in [-0.4, -0.2) is 267 Å². The van der Waals surface area contributed by atoms with Gasteiger partial charge in [0.25, 0.3) is 0 Å². The van der Waals surface area contributed by atoms with Crippen LogP contribution in [0.25, 0.3) is 0 Å². The molecule has 31 N–H and O–H groups in total. The maximum atomic E-state index is 15.0. The molecule has 2 rings (SSSR count). The van der Waals surface area contributed by atoms with E-state index in [2.05, 4.69) is 109 Å². The predicted octanol–water partition coefficient (Wildman–Crippen LogP) is -2.90. The molecular formula is C77H142N30O12S. The van der Waals surface area contributed by atoms with Crippen LogP contribution in [0.15, 0.2) is 39.9 Å². The van der Waals surface area contributed by atoms with Gasteiger partial charge >= 0.3 is 6.03 Å². The molecule has 678 valence electrons. The average molecular weight is 1710 g/mol. The lowest BCUT2D eigenvalue weighted by Gasteiger charge is -2.28. The lowest BCUT2D eigenvalue weighted by Crippen LogP contribution is -2.60. The monoisotopic (exact) mass is 1710 g/mol. The molecule has 0 bridgehead atoms. The lowest BCUT2D eigenvalue weighted by molar-refractivity contribution is -0.136. The molecule has 2 heterocycles. The third-order valence-corrected chi connectivity index (χ3v) is 20.6. The number of carbonyl (C=O) groups excluding carboxylic acids is 12. The van der Waals surface area contributed by atoms with Crippen molar-refractivity contribution < 1.29 is 57.5 Å². The van der Waals surface area contributed by atoms with E-state index in [0.717, 1.165) is 12.2 Å². The number of amidine groups is 8. The number of hydrogen-bond donors (Lipinski definition) is 22. The minimum atomic E-state index is -1.41. The number of hydrogen-bond acceptors (Lipinski definition) is 22. The van der Waals surface area contributed by atoms with Gasteiger partial charge in [-0.1, -0.05) is 13.3 Å². The van der Waals surface area contributed by atoms with Crippen molar-refractivity contribution in [3.8, 4) is 0 Å². The molecule has 2 aliphatic rings. The number of nitrogens with one attached hydrogen (secondary N) is 13. The molecule has 0 aliphatic carbocycles. The molecule has 0 radical (unpaired) electrons. The summed E-state index contributed by atoms with van der Waals surface area (Å²) in [6, 6.07) is -12.3. The molecule has 2 fully saturated rings. The fraction of sp³-hybridized carbons (Fsp3) is 0.740. The summed E-state index contributed by atoms with van der Waals surface area (Å²) in [6.07, 6.45) is 5.16. The van der Waals surface area contributed by atoms with Crippen molar-refractivity contribution in [1.29, 1.82) is 0 Å². The van der Waals surface area contributed by atoms with Gasteiger partial charge in [-0.25, -0.2) is 4.79 Å². The molecule has 13 atom stereocenters. The number of aliphatic imine (C=N–C) groups is 8. The minimum Gasteiger partial charge on any atom is -0.388 e. The van der Waals surface area contributed by atoms with Crippen LogP contribution in [0.2, 0.25) is 0 Å². The molecule has 0 saturated carbocycles. The van der Waals surface area contributed by atoms with E-state index in [9.17, 15) is 57.5 Å². The molecule has 120 heavy (non-hydrogen) atoms. The van der Waals surface area contributed by atoms with Gasteiger partial charge in [-0.05, 0) is 197 Å². The zero-order valence-electron chi connectivity index (χ0n) is 72.1. The number of carbonyl (C=O) groups is 12. The van der Waals surface area contributed by atoms with E-state index < -0.39 is 119 Å². The molecule has 13 amide bonds. The van der Waals surface area contributed by atoms with E-state index in [4.69, 9.17) is 51.6 Å². The zero-order chi connectivity index (χ0) is 89.7. The SMILES string of the molecule is CC[C@@H](N)C(=O)N[C@@H](CCCN=C(C)N)C(=O)N[C@@H](CCCN=C(C)N)C(=O)N[C@@H](CCCN=C(C)N)C(=O)N[C@@H](CCCN=C(C)N)C(=O)N[C@@H](CCCN=C(C)N)C(=O)N[C@@H](CCCN=C(C)N)C(=O)NCCCC[C@H](NC(=O)[C@H](CCCN=C(C)N)NC(=O)[C@H](CCCN=C(C)N)NC(=O)CCCC[C@@H]1SC[C@@H]2NC(=O)N[C@@H]21)C(=O)NC. The van der Waals surface area contributed by atoms with E-state index in [0.29, 0.717) is 49.6 Å². The first-order valence-corrected chi connectivity index (χ1v) is 42.8. The standard InChI is InChI=1S/C77H142N30O12S/c1-11-53(86)67(109)98-57(27-18-38-90-47(4)80)71(113)102-60(30-21-41-93-50(7)83)74(116)104-62(32-23-43-95-52(9)85)76(118)105-61(31-22-42-94-51(8)84)75(117)103-59(29-20-40-92-49(6)82)73(115)100-55(25-16-36-88-45(2)78)69(111)96-35-15-14-24-54(68(110)87-10)99-72(114)58(28-19-39-91-48(5)81)101-70(112)56(26-17-37-89-46(3)79)97-65(108)34-13-12-33-64-66-63(44-120-64)106-77(119)107-66/h53-64,66H,11-44,86H2,1-10H3,(H2,78,88)(H2,79,89)(H2,80,90)(H2,81,91)(H2,82,92)(H2,83,93)(H2,84,94)(H2,85,95)(H,87,110)(H,96,111)(H,97,108)(H,98,109)(H,99,114)(H,100,115)(H,101,112)(H,102,113)(H,103,117)(H,104,116)(H,105,118)(H2,106,107,119)/t53-,54+,55+,56+,57+,58+,59+,60+,61+,62+,63+,64+,66+/m1/s1. The van der Waals surface area contributed by atoms with Crippen molar-refractivity contribution in [2.75, 3.05) is 71.7 Å². The summed E-state index contributed by atoms with van der Waals surface area (Å²) in [6.45, 7) is 16.0. The predicted molar refractivity (Wildman–Crippen MR) is 472 cm³/mol. The number of nitrogens with two attached hydrogens (primary N) is 9. The maximum Gasteiger partial charge on any atom is 0.315 e. The van der Waals surface area contributed by atoms with Gasteiger partial charge < -0.3 is 121 Å². The van der Waals surface area contributed by atoms with Crippen molar-refractivity contribution >= 4 is 129 Å². The molecule has 0 aromatic carbocycles. The van der Waals surface area contributed by atoms with Crippen LogP contribution in [0.1, 0.15) is 216 Å². The number of nitrogens with zero attached hydrogens (tertiary/aromatic N) is 8. The number of thioether (sulfide) groups is 1. The minimum absolute atomic E-state index is 0.0144. The molecule has 43 heteroatoms. The van der Waals surface area contributed by atoms with Crippen LogP contribution in [-0.2, 0) is 52.7 Å². The number of urea groups is 1. The summed E-state index contributed by atoms with van der Waals surface area (Å²) < 4.78 is 0. The Labute approximate surface area is 710 Å². The normalized spacial score (nSPS) is 17.9. The van der Waals surface area contributed by atoms with Gasteiger partial charge in [-0.15, -0.1) is 0 Å².